The summed E-state index contributed by atoms with van der Waals surface area (Å²) in [5, 5.41) is 6.35. The number of allylic oxidation sites excluding steroid dienone is 2. The lowest BCUT2D eigenvalue weighted by molar-refractivity contribution is 0.195. The molecule has 2 amide bonds. The second kappa shape index (κ2) is 8.08. The predicted molar refractivity (Wildman–Crippen MR) is 113 cm³/mol. The number of rotatable bonds is 5. The second-order valence-corrected chi connectivity index (χ2v) is 9.40. The lowest BCUT2D eigenvalue weighted by Gasteiger charge is -2.40. The Kier molecular flexibility index (Phi) is 5.98. The quantitative estimate of drug-likeness (QED) is 0.665. The van der Waals surface area contributed by atoms with E-state index in [2.05, 4.69) is 56.5 Å². The molecule has 1 spiro atoms. The summed E-state index contributed by atoms with van der Waals surface area (Å²) in [6, 6.07) is 10.3. The molecule has 0 saturated heterocycles. The molecule has 1 aromatic rings. The van der Waals surface area contributed by atoms with Gasteiger partial charge in [0.25, 0.3) is 0 Å². The summed E-state index contributed by atoms with van der Waals surface area (Å²) in [4.78, 5) is 12.5. The van der Waals surface area contributed by atoms with Gasteiger partial charge >= 0.3 is 6.03 Å². The average molecular weight is 369 g/mol. The highest BCUT2D eigenvalue weighted by Gasteiger charge is 2.49. The van der Waals surface area contributed by atoms with Gasteiger partial charge in [-0.15, -0.1) is 0 Å². The number of nitrogens with one attached hydrogen (secondary N) is 2. The molecular formula is C24H36N2O. The molecule has 3 heteroatoms. The van der Waals surface area contributed by atoms with Crippen LogP contribution in [0, 0.1) is 17.3 Å². The smallest absolute Gasteiger partial charge is 0.315 e. The van der Waals surface area contributed by atoms with Crippen molar-refractivity contribution in [3.05, 3.63) is 47.5 Å². The van der Waals surface area contributed by atoms with Gasteiger partial charge in [0.2, 0.25) is 0 Å². The van der Waals surface area contributed by atoms with Crippen molar-refractivity contribution in [2.75, 3.05) is 6.54 Å². The molecule has 0 bridgehead atoms. The molecule has 0 heterocycles. The summed E-state index contributed by atoms with van der Waals surface area (Å²) in [5.41, 5.74) is 3.03. The Bertz CT molecular complexity index is 681. The molecule has 3 nitrogen and oxygen atoms in total. The van der Waals surface area contributed by atoms with Gasteiger partial charge in [0.15, 0.2) is 0 Å². The Morgan fingerprint density at radius 3 is 2.67 bits per heavy atom. The minimum Gasteiger partial charge on any atom is -0.338 e. The van der Waals surface area contributed by atoms with Crippen LogP contribution in [0.4, 0.5) is 4.79 Å². The van der Waals surface area contributed by atoms with Crippen LogP contribution in [0.3, 0.4) is 0 Å². The van der Waals surface area contributed by atoms with Gasteiger partial charge in [0.1, 0.15) is 0 Å². The van der Waals surface area contributed by atoms with Crippen molar-refractivity contribution in [2.45, 2.75) is 71.8 Å². The minimum atomic E-state index is -0.110. The molecule has 2 N–H and O–H groups in total. The van der Waals surface area contributed by atoms with Crippen LogP contribution in [0.15, 0.2) is 42.0 Å². The van der Waals surface area contributed by atoms with Crippen LogP contribution < -0.4 is 10.6 Å². The summed E-state index contributed by atoms with van der Waals surface area (Å²) in [7, 11) is 0. The van der Waals surface area contributed by atoms with E-state index in [1.165, 1.54) is 24.8 Å². The van der Waals surface area contributed by atoms with E-state index in [0.29, 0.717) is 18.4 Å². The monoisotopic (exact) mass is 368 g/mol. The van der Waals surface area contributed by atoms with E-state index < -0.39 is 0 Å². The molecule has 0 aliphatic heterocycles. The fraction of sp³-hybridized carbons (Fsp3) is 0.625. The first-order valence-corrected chi connectivity index (χ1v) is 10.6. The first kappa shape index (κ1) is 20.0. The van der Waals surface area contributed by atoms with Crippen molar-refractivity contribution in [3.63, 3.8) is 0 Å². The summed E-state index contributed by atoms with van der Waals surface area (Å²) < 4.78 is 0. The Morgan fingerprint density at radius 2 is 1.96 bits per heavy atom. The molecule has 2 aliphatic rings. The lowest BCUT2D eigenvalue weighted by Crippen LogP contribution is -2.50. The molecule has 3 atom stereocenters. The minimum absolute atomic E-state index is 0.0259. The number of hydrogen-bond acceptors (Lipinski definition) is 1. The van der Waals surface area contributed by atoms with Gasteiger partial charge in [-0.3, -0.25) is 0 Å². The molecule has 3 rings (SSSR count). The highest BCUT2D eigenvalue weighted by atomic mass is 16.2. The van der Waals surface area contributed by atoms with E-state index in [9.17, 15) is 4.79 Å². The number of carbonyl (C=O) groups is 1. The predicted octanol–water partition coefficient (Wildman–Crippen LogP) is 5.47. The first-order chi connectivity index (χ1) is 12.8. The second-order valence-electron chi connectivity index (χ2n) is 9.40. The highest BCUT2D eigenvalue weighted by molar-refractivity contribution is 5.74. The zero-order valence-corrected chi connectivity index (χ0v) is 17.5. The molecule has 148 valence electrons. The normalized spacial score (nSPS) is 30.4. The van der Waals surface area contributed by atoms with Crippen molar-refractivity contribution in [1.82, 2.24) is 10.6 Å². The molecule has 2 aliphatic carbocycles. The number of amides is 2. The van der Waals surface area contributed by atoms with Gasteiger partial charge < -0.3 is 10.6 Å². The third-order valence-electron chi connectivity index (χ3n) is 6.88. The van der Waals surface area contributed by atoms with Crippen molar-refractivity contribution in [2.24, 2.45) is 17.3 Å². The van der Waals surface area contributed by atoms with Crippen LogP contribution in [0.25, 0.3) is 0 Å². The number of urea groups is 1. The van der Waals surface area contributed by atoms with E-state index in [1.807, 2.05) is 18.2 Å². The van der Waals surface area contributed by atoms with E-state index in [1.54, 1.807) is 5.57 Å². The molecule has 1 fully saturated rings. The maximum absolute atomic E-state index is 12.5. The number of benzene rings is 1. The van der Waals surface area contributed by atoms with Crippen molar-refractivity contribution in [3.8, 4) is 0 Å². The summed E-state index contributed by atoms with van der Waals surface area (Å²) in [5.74, 6) is 1.33. The largest absolute Gasteiger partial charge is 0.338 e. The SMILES string of the molecule is CC(C)C1=CC2(CCC(C)(NC(=O)NCCc3ccccc3)C2)[C@@H](C)CC1. The topological polar surface area (TPSA) is 41.1 Å². The molecular weight excluding hydrogens is 332 g/mol. The molecule has 0 aromatic heterocycles. The summed E-state index contributed by atoms with van der Waals surface area (Å²) in [6.07, 6.45) is 9.28. The molecule has 27 heavy (non-hydrogen) atoms. The van der Waals surface area contributed by atoms with Gasteiger partial charge in [0.05, 0.1) is 0 Å². The van der Waals surface area contributed by atoms with Crippen molar-refractivity contribution in [1.29, 1.82) is 0 Å². The van der Waals surface area contributed by atoms with Crippen LogP contribution in [-0.2, 0) is 6.42 Å². The van der Waals surface area contributed by atoms with Crippen LogP contribution in [0.5, 0.6) is 0 Å². The third-order valence-corrected chi connectivity index (χ3v) is 6.88. The fourth-order valence-electron chi connectivity index (χ4n) is 5.06. The first-order valence-electron chi connectivity index (χ1n) is 10.6. The zero-order valence-electron chi connectivity index (χ0n) is 17.5. The summed E-state index contributed by atoms with van der Waals surface area (Å²) in [6.45, 7) is 9.91. The summed E-state index contributed by atoms with van der Waals surface area (Å²) >= 11 is 0. The van der Waals surface area contributed by atoms with Gasteiger partial charge in [-0.25, -0.2) is 4.79 Å². The van der Waals surface area contributed by atoms with Gasteiger partial charge in [-0.05, 0) is 68.3 Å². The van der Waals surface area contributed by atoms with Crippen LogP contribution in [-0.4, -0.2) is 18.1 Å². The Balaban J connectivity index is 1.56. The van der Waals surface area contributed by atoms with Crippen molar-refractivity contribution >= 4 is 6.03 Å². The van der Waals surface area contributed by atoms with Gasteiger partial charge in [-0.2, -0.15) is 0 Å². The maximum Gasteiger partial charge on any atom is 0.315 e. The Hall–Kier alpha value is -1.77. The van der Waals surface area contributed by atoms with Gasteiger partial charge in [0, 0.05) is 12.1 Å². The molecule has 1 saturated carbocycles. The third kappa shape index (κ3) is 4.75. The standard InChI is InChI=1S/C24H36N2O/c1-18(2)21-11-10-19(3)24(16-21)14-13-23(4,17-24)26-22(27)25-15-12-20-8-6-5-7-9-20/h5-9,16,18-19H,10-15,17H2,1-4H3,(H2,25,26,27)/t19-,23?,24?/m0/s1. The molecule has 0 radical (unpaired) electrons. The average Bonchev–Trinajstić information content (AvgIpc) is 2.95. The van der Waals surface area contributed by atoms with E-state index in [4.69, 9.17) is 0 Å². The highest BCUT2D eigenvalue weighted by Crippen LogP contribution is 2.54. The van der Waals surface area contributed by atoms with E-state index in [0.717, 1.165) is 19.3 Å². The zero-order chi connectivity index (χ0) is 19.5. The van der Waals surface area contributed by atoms with Crippen LogP contribution >= 0.6 is 0 Å². The molecule has 1 aromatic carbocycles. The number of hydrogen-bond donors (Lipinski definition) is 2. The van der Waals surface area contributed by atoms with E-state index in [-0.39, 0.29) is 17.0 Å². The lowest BCUT2D eigenvalue weighted by atomic mass is 9.66. The van der Waals surface area contributed by atoms with E-state index >= 15 is 0 Å². The molecule has 2 unspecified atom stereocenters. The fourth-order valence-corrected chi connectivity index (χ4v) is 5.06. The van der Waals surface area contributed by atoms with Crippen LogP contribution in [0.1, 0.15) is 65.4 Å². The van der Waals surface area contributed by atoms with Crippen LogP contribution in [0.2, 0.25) is 0 Å². The van der Waals surface area contributed by atoms with Crippen molar-refractivity contribution < 1.29 is 4.79 Å². The Morgan fingerprint density at radius 1 is 1.22 bits per heavy atom. The number of carbonyl (C=O) groups excluding carboxylic acids is 1. The Labute approximate surface area is 165 Å². The maximum atomic E-state index is 12.5. The van der Waals surface area contributed by atoms with Gasteiger partial charge in [-0.1, -0.05) is 62.8 Å².